The summed E-state index contributed by atoms with van der Waals surface area (Å²) in [6.45, 7) is 0. The van der Waals surface area contributed by atoms with Gasteiger partial charge in [-0.1, -0.05) is 12.1 Å². The predicted octanol–water partition coefficient (Wildman–Crippen LogP) is 2.58. The molecule has 1 aliphatic heterocycles. The molecular formula is C17H14FNO5S2. The lowest BCUT2D eigenvalue weighted by Crippen LogP contribution is -2.34. The molecule has 0 spiro atoms. The molecule has 1 fully saturated rings. The minimum absolute atomic E-state index is 0.00151. The van der Waals surface area contributed by atoms with Gasteiger partial charge in [-0.2, -0.15) is 0 Å². The maximum Gasteiger partial charge on any atom is 0.337 e. The van der Waals surface area contributed by atoms with Crippen LogP contribution in [0.4, 0.5) is 4.39 Å². The molecule has 6 nitrogen and oxygen atoms in total. The fourth-order valence-corrected chi connectivity index (χ4v) is 5.59. The Balaban J connectivity index is 1.97. The number of benzene rings is 2. The van der Waals surface area contributed by atoms with E-state index in [1.807, 2.05) is 0 Å². The minimum Gasteiger partial charge on any atom is -0.465 e. The average molecular weight is 395 g/mol. The summed E-state index contributed by atoms with van der Waals surface area (Å²) in [7, 11) is -2.90. The van der Waals surface area contributed by atoms with E-state index in [4.69, 9.17) is 0 Å². The Morgan fingerprint density at radius 2 is 1.77 bits per heavy atom. The number of carbonyl (C=O) groups excluding carboxylic acids is 2. The van der Waals surface area contributed by atoms with Gasteiger partial charge in [0.05, 0.1) is 23.3 Å². The van der Waals surface area contributed by atoms with Crippen molar-refractivity contribution >= 4 is 33.7 Å². The molecule has 2 aromatic carbocycles. The van der Waals surface area contributed by atoms with Crippen molar-refractivity contribution in [2.24, 2.45) is 0 Å². The molecule has 1 amide bonds. The molecule has 3 rings (SSSR count). The predicted molar refractivity (Wildman–Crippen MR) is 93.4 cm³/mol. The van der Waals surface area contributed by atoms with Gasteiger partial charge >= 0.3 is 5.97 Å². The third-order valence-electron chi connectivity index (χ3n) is 3.81. The molecule has 1 aliphatic rings. The van der Waals surface area contributed by atoms with Crippen molar-refractivity contribution in [2.45, 2.75) is 10.3 Å². The van der Waals surface area contributed by atoms with Crippen LogP contribution in [0, 0.1) is 5.82 Å². The number of amides is 1. The lowest BCUT2D eigenvalue weighted by Gasteiger charge is -2.23. The molecule has 1 heterocycles. The highest BCUT2D eigenvalue weighted by Crippen LogP contribution is 2.42. The van der Waals surface area contributed by atoms with E-state index < -0.39 is 33.1 Å². The summed E-state index contributed by atoms with van der Waals surface area (Å²) in [5, 5.41) is -0.770. The first-order valence-electron chi connectivity index (χ1n) is 7.47. The van der Waals surface area contributed by atoms with Gasteiger partial charge in [0.25, 0.3) is 10.0 Å². The first kappa shape index (κ1) is 18.4. The molecule has 0 aliphatic carbocycles. The van der Waals surface area contributed by atoms with Gasteiger partial charge in [0.2, 0.25) is 5.91 Å². The Hall–Kier alpha value is -2.39. The van der Waals surface area contributed by atoms with Crippen LogP contribution in [-0.4, -0.2) is 37.5 Å². The number of sulfonamides is 1. The molecule has 0 N–H and O–H groups in total. The summed E-state index contributed by atoms with van der Waals surface area (Å²) in [6, 6.07) is 10.5. The average Bonchev–Trinajstić information content (AvgIpc) is 3.04. The molecule has 1 saturated heterocycles. The molecule has 0 bridgehead atoms. The van der Waals surface area contributed by atoms with Crippen LogP contribution in [0.5, 0.6) is 0 Å². The lowest BCUT2D eigenvalue weighted by molar-refractivity contribution is -0.123. The summed E-state index contributed by atoms with van der Waals surface area (Å²) in [5.74, 6) is -1.59. The van der Waals surface area contributed by atoms with Crippen LogP contribution < -0.4 is 0 Å². The van der Waals surface area contributed by atoms with Crippen molar-refractivity contribution in [3.8, 4) is 0 Å². The molecule has 26 heavy (non-hydrogen) atoms. The highest BCUT2D eigenvalue weighted by Gasteiger charge is 2.42. The topological polar surface area (TPSA) is 80.8 Å². The van der Waals surface area contributed by atoms with E-state index >= 15 is 0 Å². The highest BCUT2D eigenvalue weighted by molar-refractivity contribution is 8.02. The Morgan fingerprint density at radius 1 is 1.15 bits per heavy atom. The quantitative estimate of drug-likeness (QED) is 0.741. The van der Waals surface area contributed by atoms with Gasteiger partial charge in [0, 0.05) is 0 Å². The summed E-state index contributed by atoms with van der Waals surface area (Å²) >= 11 is 1.15. The third-order valence-corrected chi connectivity index (χ3v) is 6.96. The van der Waals surface area contributed by atoms with Crippen molar-refractivity contribution in [1.82, 2.24) is 4.31 Å². The number of hydrogen-bond acceptors (Lipinski definition) is 6. The van der Waals surface area contributed by atoms with E-state index in [0.29, 0.717) is 5.56 Å². The molecule has 2 aromatic rings. The van der Waals surface area contributed by atoms with Crippen molar-refractivity contribution in [2.75, 3.05) is 12.9 Å². The number of methoxy groups -OCH3 is 1. The largest absolute Gasteiger partial charge is 0.465 e. The second-order valence-corrected chi connectivity index (χ2v) is 8.31. The van der Waals surface area contributed by atoms with Gasteiger partial charge in [0.15, 0.2) is 0 Å². The van der Waals surface area contributed by atoms with Crippen LogP contribution in [0.3, 0.4) is 0 Å². The number of carbonyl (C=O) groups is 2. The Bertz CT molecular complexity index is 942. The summed E-state index contributed by atoms with van der Waals surface area (Å²) in [6.07, 6.45) is 0. The molecule has 0 radical (unpaired) electrons. The number of ether oxygens (including phenoxy) is 1. The van der Waals surface area contributed by atoms with E-state index in [1.165, 1.54) is 55.6 Å². The second kappa shape index (κ2) is 7.08. The van der Waals surface area contributed by atoms with E-state index in [0.717, 1.165) is 16.1 Å². The monoisotopic (exact) mass is 395 g/mol. The van der Waals surface area contributed by atoms with Gasteiger partial charge in [-0.25, -0.2) is 21.9 Å². The SMILES string of the molecule is COC(=O)c1ccc(S(=O)(=O)N2C(=O)CSC2c2ccc(F)cc2)cc1. The number of halogens is 1. The smallest absolute Gasteiger partial charge is 0.337 e. The van der Waals surface area contributed by atoms with Crippen molar-refractivity contribution in [3.63, 3.8) is 0 Å². The van der Waals surface area contributed by atoms with Crippen molar-refractivity contribution in [3.05, 3.63) is 65.5 Å². The van der Waals surface area contributed by atoms with E-state index in [1.54, 1.807) is 0 Å². The van der Waals surface area contributed by atoms with Crippen molar-refractivity contribution in [1.29, 1.82) is 0 Å². The zero-order valence-electron chi connectivity index (χ0n) is 13.6. The van der Waals surface area contributed by atoms with Crippen LogP contribution in [0.25, 0.3) is 0 Å². The van der Waals surface area contributed by atoms with E-state index in [9.17, 15) is 22.4 Å². The van der Waals surface area contributed by atoms with Crippen LogP contribution in [0.1, 0.15) is 21.3 Å². The first-order chi connectivity index (χ1) is 12.3. The maximum atomic E-state index is 13.1. The van der Waals surface area contributed by atoms with Crippen LogP contribution in [-0.2, 0) is 19.6 Å². The van der Waals surface area contributed by atoms with Gasteiger partial charge in [-0.3, -0.25) is 4.79 Å². The molecule has 0 aromatic heterocycles. The van der Waals surface area contributed by atoms with Gasteiger partial charge in [-0.15, -0.1) is 11.8 Å². The van der Waals surface area contributed by atoms with Crippen LogP contribution in [0.15, 0.2) is 53.4 Å². The summed E-state index contributed by atoms with van der Waals surface area (Å²) in [4.78, 5) is 23.6. The lowest BCUT2D eigenvalue weighted by atomic mass is 10.2. The molecular weight excluding hydrogens is 381 g/mol. The zero-order valence-corrected chi connectivity index (χ0v) is 15.2. The fraction of sp³-hybridized carbons (Fsp3) is 0.176. The molecule has 1 unspecified atom stereocenters. The maximum absolute atomic E-state index is 13.1. The van der Waals surface area contributed by atoms with Crippen LogP contribution >= 0.6 is 11.8 Å². The molecule has 9 heteroatoms. The standard InChI is InChI=1S/C17H14FNO5S2/c1-24-17(21)12-4-8-14(9-5-12)26(22,23)19-15(20)10-25-16(19)11-2-6-13(18)7-3-11/h2-9,16H,10H2,1H3. The molecule has 1 atom stereocenters. The molecule has 0 saturated carbocycles. The third kappa shape index (κ3) is 3.32. The number of rotatable bonds is 4. The normalized spacial score (nSPS) is 17.4. The van der Waals surface area contributed by atoms with E-state index in [2.05, 4.69) is 4.74 Å². The van der Waals surface area contributed by atoms with Gasteiger partial charge in [0.1, 0.15) is 11.2 Å². The first-order valence-corrected chi connectivity index (χ1v) is 9.96. The Kier molecular flexibility index (Phi) is 5.01. The fourth-order valence-electron chi connectivity index (χ4n) is 2.53. The number of hydrogen-bond donors (Lipinski definition) is 0. The number of nitrogens with zero attached hydrogens (tertiary/aromatic N) is 1. The van der Waals surface area contributed by atoms with Gasteiger partial charge in [-0.05, 0) is 42.0 Å². The minimum atomic E-state index is -4.13. The summed E-state index contributed by atoms with van der Waals surface area (Å²) < 4.78 is 44.4. The number of esters is 1. The summed E-state index contributed by atoms with van der Waals surface area (Å²) in [5.41, 5.74) is 0.709. The van der Waals surface area contributed by atoms with Crippen LogP contribution in [0.2, 0.25) is 0 Å². The Morgan fingerprint density at radius 3 is 2.35 bits per heavy atom. The highest BCUT2D eigenvalue weighted by atomic mass is 32.2. The number of thioether (sulfide) groups is 1. The molecule has 136 valence electrons. The second-order valence-electron chi connectivity index (χ2n) is 5.43. The van der Waals surface area contributed by atoms with E-state index in [-0.39, 0.29) is 16.2 Å². The zero-order chi connectivity index (χ0) is 18.9. The van der Waals surface area contributed by atoms with Crippen molar-refractivity contribution < 1.29 is 27.1 Å². The van der Waals surface area contributed by atoms with Gasteiger partial charge < -0.3 is 4.74 Å². The Labute approximate surface area is 154 Å².